The molecule has 7 nitrogen and oxygen atoms in total. The second kappa shape index (κ2) is 13.5. The van der Waals surface area contributed by atoms with Gasteiger partial charge in [-0.15, -0.1) is 11.6 Å². The molecule has 0 aromatic heterocycles. The quantitative estimate of drug-likeness (QED) is 0.327. The van der Waals surface area contributed by atoms with Crippen LogP contribution < -0.4 is 4.74 Å². The van der Waals surface area contributed by atoms with E-state index in [4.69, 9.17) is 25.8 Å². The lowest BCUT2D eigenvalue weighted by Gasteiger charge is -2.41. The van der Waals surface area contributed by atoms with Crippen LogP contribution in [0.4, 0.5) is 4.79 Å². The predicted molar refractivity (Wildman–Crippen MR) is 152 cm³/mol. The van der Waals surface area contributed by atoms with Crippen molar-refractivity contribution < 1.29 is 19.0 Å². The van der Waals surface area contributed by atoms with Crippen molar-refractivity contribution in [2.45, 2.75) is 66.6 Å². The minimum Gasteiger partial charge on any atom is -0.496 e. The van der Waals surface area contributed by atoms with Crippen LogP contribution in [-0.2, 0) is 22.0 Å². The average molecular weight is 540 g/mol. The molecule has 0 bridgehead atoms. The Balaban J connectivity index is 1.76. The molecular formula is C29H50ClN3O4. The van der Waals surface area contributed by atoms with Gasteiger partial charge in [0, 0.05) is 56.8 Å². The maximum absolute atomic E-state index is 12.4. The van der Waals surface area contributed by atoms with Gasteiger partial charge in [-0.2, -0.15) is 0 Å². The van der Waals surface area contributed by atoms with E-state index in [1.807, 2.05) is 37.8 Å². The molecule has 0 spiro atoms. The topological polar surface area (TPSA) is 54.5 Å². The molecule has 1 aliphatic rings. The smallest absolute Gasteiger partial charge is 0.410 e. The number of halogens is 1. The lowest BCUT2D eigenvalue weighted by Crippen LogP contribution is -2.53. The van der Waals surface area contributed by atoms with Crippen molar-refractivity contribution in [1.82, 2.24) is 14.7 Å². The van der Waals surface area contributed by atoms with Gasteiger partial charge < -0.3 is 24.0 Å². The molecule has 1 saturated heterocycles. The number of hydrogen-bond donors (Lipinski definition) is 0. The minimum atomic E-state index is -0.455. The van der Waals surface area contributed by atoms with Crippen LogP contribution in [0.25, 0.3) is 0 Å². The Kier molecular flexibility index (Phi) is 11.6. The number of alkyl halides is 1. The molecule has 0 N–H and O–H groups in total. The minimum absolute atomic E-state index is 0.0179. The van der Waals surface area contributed by atoms with Gasteiger partial charge in [0.2, 0.25) is 0 Å². The molecule has 0 unspecified atom stereocenters. The molecule has 1 aromatic carbocycles. The molecule has 1 heterocycles. The fourth-order valence-corrected chi connectivity index (χ4v) is 5.29. The summed E-state index contributed by atoms with van der Waals surface area (Å²) in [5.74, 6) is 1.24. The van der Waals surface area contributed by atoms with E-state index in [1.165, 1.54) is 0 Å². The summed E-state index contributed by atoms with van der Waals surface area (Å²) in [6.07, 6.45) is -0.206. The zero-order chi connectivity index (χ0) is 27.9. The summed E-state index contributed by atoms with van der Waals surface area (Å²) >= 11 is 5.97. The number of ether oxygens (including phenoxy) is 3. The standard InChI is InChI=1S/C29H50ClN3O4/c1-27(2,3)37-26(34)33-14-12-32(13-15-33)21-28(4,5)19-31(8)20-29(6,7)22-36-18-23-10-11-24(17-30)25(16-23)35-9/h10-11,16H,12-15,17-22H2,1-9H3. The molecule has 0 atom stereocenters. The summed E-state index contributed by atoms with van der Waals surface area (Å²) in [5, 5.41) is 0. The number of amides is 1. The summed E-state index contributed by atoms with van der Waals surface area (Å²) in [7, 11) is 3.86. The number of piperazine rings is 1. The van der Waals surface area contributed by atoms with E-state index in [9.17, 15) is 4.79 Å². The van der Waals surface area contributed by atoms with E-state index in [-0.39, 0.29) is 16.9 Å². The average Bonchev–Trinajstić information content (AvgIpc) is 2.76. The lowest BCUT2D eigenvalue weighted by atomic mass is 9.89. The molecule has 212 valence electrons. The van der Waals surface area contributed by atoms with Crippen molar-refractivity contribution in [3.05, 3.63) is 29.3 Å². The second-order valence-corrected chi connectivity index (χ2v) is 13.3. The highest BCUT2D eigenvalue weighted by Crippen LogP contribution is 2.25. The van der Waals surface area contributed by atoms with E-state index < -0.39 is 5.60 Å². The Bertz CT molecular complexity index is 861. The number of carbonyl (C=O) groups is 1. The number of hydrogen-bond acceptors (Lipinski definition) is 6. The highest BCUT2D eigenvalue weighted by atomic mass is 35.5. The number of rotatable bonds is 12. The van der Waals surface area contributed by atoms with E-state index in [2.05, 4.69) is 50.6 Å². The van der Waals surface area contributed by atoms with Gasteiger partial charge in [0.1, 0.15) is 11.4 Å². The number of methoxy groups -OCH3 is 1. The van der Waals surface area contributed by atoms with Gasteiger partial charge in [-0.1, -0.05) is 39.8 Å². The van der Waals surface area contributed by atoms with Gasteiger partial charge in [-0.25, -0.2) is 4.79 Å². The van der Waals surface area contributed by atoms with E-state index in [1.54, 1.807) is 7.11 Å². The molecule has 37 heavy (non-hydrogen) atoms. The molecule has 0 saturated carbocycles. The zero-order valence-corrected chi connectivity index (χ0v) is 25.4. The largest absolute Gasteiger partial charge is 0.496 e. The third kappa shape index (κ3) is 11.4. The van der Waals surface area contributed by atoms with Gasteiger partial charge in [-0.05, 0) is 44.9 Å². The van der Waals surface area contributed by atoms with Crippen LogP contribution in [0, 0.1) is 10.8 Å². The highest BCUT2D eigenvalue weighted by molar-refractivity contribution is 6.17. The van der Waals surface area contributed by atoms with Gasteiger partial charge in [0.05, 0.1) is 26.2 Å². The van der Waals surface area contributed by atoms with Crippen molar-refractivity contribution >= 4 is 17.7 Å². The highest BCUT2D eigenvalue weighted by Gasteiger charge is 2.30. The third-order valence-electron chi connectivity index (χ3n) is 6.33. The molecule has 0 aliphatic carbocycles. The number of carbonyl (C=O) groups excluding carboxylic acids is 1. The maximum Gasteiger partial charge on any atom is 0.410 e. The summed E-state index contributed by atoms with van der Waals surface area (Å²) in [5.41, 5.74) is 1.76. The first kappa shape index (κ1) is 31.7. The molecular weight excluding hydrogens is 490 g/mol. The van der Waals surface area contributed by atoms with Gasteiger partial charge in [0.15, 0.2) is 0 Å². The van der Waals surface area contributed by atoms with Crippen LogP contribution in [0.2, 0.25) is 0 Å². The lowest BCUT2D eigenvalue weighted by molar-refractivity contribution is 0.00796. The Labute approximate surface area is 230 Å². The normalized spacial score (nSPS) is 15.8. The molecule has 1 amide bonds. The zero-order valence-electron chi connectivity index (χ0n) is 24.7. The van der Waals surface area contributed by atoms with Crippen LogP contribution in [0.1, 0.15) is 59.6 Å². The van der Waals surface area contributed by atoms with Crippen molar-refractivity contribution in [3.63, 3.8) is 0 Å². The van der Waals surface area contributed by atoms with Crippen molar-refractivity contribution in [2.75, 3.05) is 66.6 Å². The predicted octanol–water partition coefficient (Wildman–Crippen LogP) is 5.49. The Morgan fingerprint density at radius 3 is 2.19 bits per heavy atom. The maximum atomic E-state index is 12.4. The fourth-order valence-electron chi connectivity index (χ4n) is 5.07. The van der Waals surface area contributed by atoms with E-state index in [0.717, 1.165) is 49.6 Å². The van der Waals surface area contributed by atoms with Gasteiger partial charge >= 0.3 is 6.09 Å². The monoisotopic (exact) mass is 539 g/mol. The summed E-state index contributed by atoms with van der Waals surface area (Å²) in [4.78, 5) is 19.1. The molecule has 0 radical (unpaired) electrons. The first-order valence-electron chi connectivity index (χ1n) is 13.3. The van der Waals surface area contributed by atoms with Crippen molar-refractivity contribution in [3.8, 4) is 5.75 Å². The second-order valence-electron chi connectivity index (χ2n) is 13.0. The van der Waals surface area contributed by atoms with Crippen LogP contribution in [0.15, 0.2) is 18.2 Å². The van der Waals surface area contributed by atoms with E-state index >= 15 is 0 Å². The number of nitrogens with zero attached hydrogens (tertiary/aromatic N) is 3. The van der Waals surface area contributed by atoms with E-state index in [0.29, 0.717) is 32.2 Å². The van der Waals surface area contributed by atoms with Crippen molar-refractivity contribution in [1.29, 1.82) is 0 Å². The summed E-state index contributed by atoms with van der Waals surface area (Å²) in [6.45, 7) is 22.2. The molecule has 1 aliphatic heterocycles. The molecule has 1 fully saturated rings. The van der Waals surface area contributed by atoms with Crippen LogP contribution in [0.3, 0.4) is 0 Å². The fraction of sp³-hybridized carbons (Fsp3) is 0.759. The molecule has 2 rings (SSSR count). The Morgan fingerprint density at radius 1 is 1.00 bits per heavy atom. The first-order chi connectivity index (χ1) is 17.1. The number of benzene rings is 1. The Morgan fingerprint density at radius 2 is 1.62 bits per heavy atom. The Hall–Kier alpha value is -1.54. The van der Waals surface area contributed by atoms with Crippen LogP contribution >= 0.6 is 11.6 Å². The summed E-state index contributed by atoms with van der Waals surface area (Å²) < 4.78 is 17.1. The van der Waals surface area contributed by atoms with Crippen LogP contribution in [-0.4, -0.2) is 93.0 Å². The first-order valence-corrected chi connectivity index (χ1v) is 13.8. The van der Waals surface area contributed by atoms with Gasteiger partial charge in [-0.3, -0.25) is 4.90 Å². The molecule has 8 heteroatoms. The molecule has 1 aromatic rings. The SMILES string of the molecule is COc1cc(COCC(C)(C)CN(C)CC(C)(C)CN2CCN(C(=O)OC(C)(C)C)CC2)ccc1CCl. The van der Waals surface area contributed by atoms with Crippen LogP contribution in [0.5, 0.6) is 5.75 Å². The van der Waals surface area contributed by atoms with Gasteiger partial charge in [0.25, 0.3) is 0 Å². The van der Waals surface area contributed by atoms with Crippen molar-refractivity contribution in [2.24, 2.45) is 10.8 Å². The third-order valence-corrected chi connectivity index (χ3v) is 6.62. The summed E-state index contributed by atoms with van der Waals surface area (Å²) in [6, 6.07) is 6.06.